The van der Waals surface area contributed by atoms with Crippen LogP contribution in [0.2, 0.25) is 0 Å². The van der Waals surface area contributed by atoms with E-state index >= 15 is 0 Å². The molecule has 0 aromatic heterocycles. The highest BCUT2D eigenvalue weighted by molar-refractivity contribution is 9.10. The highest BCUT2D eigenvalue weighted by Crippen LogP contribution is 2.34. The van der Waals surface area contributed by atoms with Gasteiger partial charge >= 0.3 is 0 Å². The second kappa shape index (κ2) is 5.75. The lowest BCUT2D eigenvalue weighted by atomic mass is 10.1. The van der Waals surface area contributed by atoms with Crippen LogP contribution < -0.4 is 5.32 Å². The van der Waals surface area contributed by atoms with Crippen LogP contribution in [0.15, 0.2) is 22.7 Å². The Bertz CT molecular complexity index is 569. The maximum absolute atomic E-state index is 13.4. The maximum Gasteiger partial charge on any atom is 0.245 e. The van der Waals surface area contributed by atoms with Crippen molar-refractivity contribution in [3.63, 3.8) is 0 Å². The number of halogens is 2. The van der Waals surface area contributed by atoms with Crippen molar-refractivity contribution < 1.29 is 14.0 Å². The number of hydrogen-bond acceptors (Lipinski definition) is 2. The molecule has 4 nitrogen and oxygen atoms in total. The van der Waals surface area contributed by atoms with Gasteiger partial charge in [0.1, 0.15) is 11.9 Å². The molecule has 1 aromatic rings. The fraction of sp³-hybridized carbons (Fsp3) is 0.467. The number of carbonyl (C=O) groups is 2. The van der Waals surface area contributed by atoms with Gasteiger partial charge in [-0.1, -0.05) is 15.9 Å². The molecule has 2 aliphatic rings. The molecule has 0 spiro atoms. The zero-order valence-corrected chi connectivity index (χ0v) is 13.0. The Hall–Kier alpha value is -1.43. The lowest BCUT2D eigenvalue weighted by molar-refractivity contribution is -0.134. The van der Waals surface area contributed by atoms with Crippen molar-refractivity contribution in [1.29, 1.82) is 0 Å². The molecule has 1 saturated heterocycles. The van der Waals surface area contributed by atoms with Gasteiger partial charge in [0, 0.05) is 24.0 Å². The average molecular weight is 355 g/mol. The molecule has 112 valence electrons. The summed E-state index contributed by atoms with van der Waals surface area (Å²) in [5, 5.41) is 2.82. The summed E-state index contributed by atoms with van der Waals surface area (Å²) in [6.07, 6.45) is 2.26. The minimum absolute atomic E-state index is 0.0521. The van der Waals surface area contributed by atoms with Crippen molar-refractivity contribution in [2.24, 2.45) is 5.92 Å². The monoisotopic (exact) mass is 354 g/mol. The van der Waals surface area contributed by atoms with Crippen LogP contribution in [0.1, 0.15) is 24.8 Å². The first-order chi connectivity index (χ1) is 10.0. The Kier molecular flexibility index (Phi) is 3.97. The van der Waals surface area contributed by atoms with Crippen molar-refractivity contribution in [2.75, 3.05) is 6.54 Å². The van der Waals surface area contributed by atoms with Crippen molar-refractivity contribution >= 4 is 27.7 Å². The van der Waals surface area contributed by atoms with Crippen molar-refractivity contribution in [1.82, 2.24) is 10.2 Å². The fourth-order valence-electron chi connectivity index (χ4n) is 2.68. The van der Waals surface area contributed by atoms with Crippen LogP contribution >= 0.6 is 15.9 Å². The van der Waals surface area contributed by atoms with Crippen LogP contribution in [0, 0.1) is 11.7 Å². The molecule has 6 heteroatoms. The molecule has 2 fully saturated rings. The van der Waals surface area contributed by atoms with Crippen molar-refractivity contribution in [3.8, 4) is 0 Å². The highest BCUT2D eigenvalue weighted by Gasteiger charge is 2.40. The third-order valence-corrected chi connectivity index (χ3v) is 4.35. The van der Waals surface area contributed by atoms with E-state index in [-0.39, 0.29) is 23.5 Å². The summed E-state index contributed by atoms with van der Waals surface area (Å²) in [7, 11) is 0. The third kappa shape index (κ3) is 3.43. The van der Waals surface area contributed by atoms with Gasteiger partial charge in [-0.15, -0.1) is 0 Å². The molecule has 0 bridgehead atoms. The number of amides is 2. The summed E-state index contributed by atoms with van der Waals surface area (Å²) >= 11 is 3.25. The Morgan fingerprint density at radius 1 is 1.29 bits per heavy atom. The van der Waals surface area contributed by atoms with Gasteiger partial charge in [0.2, 0.25) is 11.8 Å². The standard InChI is InChI=1S/C15H16BrFN2O2/c16-11-5-9(6-12(17)7-11)8-19-4-3-13(20)18-14(15(19)21)10-1-2-10/h5-7,10,14H,1-4,8H2,(H,18,20). The van der Waals surface area contributed by atoms with Gasteiger partial charge in [0.15, 0.2) is 0 Å². The molecule has 1 aliphatic carbocycles. The summed E-state index contributed by atoms with van der Waals surface area (Å²) in [5.74, 6) is -0.206. The van der Waals surface area contributed by atoms with Gasteiger partial charge < -0.3 is 10.2 Å². The van der Waals surface area contributed by atoms with Crippen molar-refractivity contribution in [3.05, 3.63) is 34.1 Å². The molecule has 1 unspecified atom stereocenters. The van der Waals surface area contributed by atoms with E-state index in [1.165, 1.54) is 12.1 Å². The highest BCUT2D eigenvalue weighted by atomic mass is 79.9. The van der Waals surface area contributed by atoms with Crippen LogP contribution in [0.3, 0.4) is 0 Å². The number of hydrogen-bond donors (Lipinski definition) is 1. The van der Waals surface area contributed by atoms with Crippen molar-refractivity contribution in [2.45, 2.75) is 31.8 Å². The number of nitrogens with zero attached hydrogens (tertiary/aromatic N) is 1. The average Bonchev–Trinajstić information content (AvgIpc) is 3.22. The largest absolute Gasteiger partial charge is 0.344 e. The van der Waals surface area contributed by atoms with Gasteiger partial charge in [-0.05, 0) is 42.5 Å². The number of nitrogens with one attached hydrogen (secondary N) is 1. The predicted octanol–water partition coefficient (Wildman–Crippen LogP) is 2.22. The molecule has 1 saturated carbocycles. The predicted molar refractivity (Wildman–Crippen MR) is 78.8 cm³/mol. The molecule has 1 aromatic carbocycles. The quantitative estimate of drug-likeness (QED) is 0.904. The van der Waals surface area contributed by atoms with Crippen LogP contribution in [0.25, 0.3) is 0 Å². The SMILES string of the molecule is O=C1CCN(Cc2cc(F)cc(Br)c2)C(=O)C(C2CC2)N1. The third-order valence-electron chi connectivity index (χ3n) is 3.89. The van der Waals surface area contributed by atoms with Gasteiger partial charge in [-0.25, -0.2) is 4.39 Å². The molecule has 0 radical (unpaired) electrons. The zero-order chi connectivity index (χ0) is 15.0. The fourth-order valence-corrected chi connectivity index (χ4v) is 3.19. The molecule has 1 aliphatic heterocycles. The minimum atomic E-state index is -0.406. The molecule has 1 heterocycles. The Labute approximate surface area is 130 Å². The van der Waals surface area contributed by atoms with Gasteiger partial charge in [-0.3, -0.25) is 9.59 Å². The van der Waals surface area contributed by atoms with Crippen LogP contribution in [-0.4, -0.2) is 29.3 Å². The maximum atomic E-state index is 13.4. The molecule has 2 amide bonds. The summed E-state index contributed by atoms with van der Waals surface area (Å²) < 4.78 is 14.1. The topological polar surface area (TPSA) is 49.4 Å². The Morgan fingerprint density at radius 3 is 2.71 bits per heavy atom. The molecular weight excluding hydrogens is 339 g/mol. The molecular formula is C15H16BrFN2O2. The first-order valence-corrected chi connectivity index (χ1v) is 7.85. The number of benzene rings is 1. The van der Waals surface area contributed by atoms with E-state index in [4.69, 9.17) is 0 Å². The second-order valence-electron chi connectivity index (χ2n) is 5.67. The lowest BCUT2D eigenvalue weighted by Gasteiger charge is -2.24. The summed E-state index contributed by atoms with van der Waals surface area (Å²) in [5.41, 5.74) is 0.721. The number of rotatable bonds is 3. The smallest absolute Gasteiger partial charge is 0.245 e. The zero-order valence-electron chi connectivity index (χ0n) is 11.4. The van der Waals surface area contributed by atoms with E-state index in [1.54, 1.807) is 11.0 Å². The normalized spacial score (nSPS) is 23.0. The van der Waals surface area contributed by atoms with E-state index in [0.29, 0.717) is 24.0 Å². The second-order valence-corrected chi connectivity index (χ2v) is 6.59. The first kappa shape index (κ1) is 14.5. The lowest BCUT2D eigenvalue weighted by Crippen LogP contribution is -2.45. The summed E-state index contributed by atoms with van der Waals surface area (Å²) in [6, 6.07) is 4.19. The summed E-state index contributed by atoms with van der Waals surface area (Å²) in [4.78, 5) is 25.9. The minimum Gasteiger partial charge on any atom is -0.344 e. The Morgan fingerprint density at radius 2 is 2.05 bits per heavy atom. The molecule has 3 rings (SSSR count). The molecule has 21 heavy (non-hydrogen) atoms. The van der Waals surface area contributed by atoms with Crippen LogP contribution in [0.4, 0.5) is 4.39 Å². The number of carbonyl (C=O) groups excluding carboxylic acids is 2. The van der Waals surface area contributed by atoms with E-state index < -0.39 is 6.04 Å². The Balaban J connectivity index is 1.79. The first-order valence-electron chi connectivity index (χ1n) is 7.06. The van der Waals surface area contributed by atoms with Gasteiger partial charge in [-0.2, -0.15) is 0 Å². The van der Waals surface area contributed by atoms with E-state index in [0.717, 1.165) is 18.4 Å². The van der Waals surface area contributed by atoms with Gasteiger partial charge in [0.25, 0.3) is 0 Å². The van der Waals surface area contributed by atoms with E-state index in [1.807, 2.05) is 0 Å². The van der Waals surface area contributed by atoms with Gasteiger partial charge in [0.05, 0.1) is 0 Å². The van der Waals surface area contributed by atoms with Crippen LogP contribution in [-0.2, 0) is 16.1 Å². The summed E-state index contributed by atoms with van der Waals surface area (Å²) in [6.45, 7) is 0.704. The van der Waals surface area contributed by atoms with E-state index in [9.17, 15) is 14.0 Å². The molecule has 1 N–H and O–H groups in total. The van der Waals surface area contributed by atoms with E-state index in [2.05, 4.69) is 21.2 Å². The molecule has 1 atom stereocenters. The van der Waals surface area contributed by atoms with Crippen LogP contribution in [0.5, 0.6) is 0 Å².